The molecule has 0 aliphatic rings. The molecule has 2 heteroatoms. The molecule has 0 saturated heterocycles. The Kier molecular flexibility index (Phi) is 6.01. The Hall–Kier alpha value is -0.370. The second-order valence-corrected chi connectivity index (χ2v) is 5.31. The third kappa shape index (κ3) is 7.07. The van der Waals surface area contributed by atoms with E-state index in [2.05, 4.69) is 27.7 Å². The minimum atomic E-state index is 0.264. The lowest BCUT2D eigenvalue weighted by atomic mass is 9.88. The van der Waals surface area contributed by atoms with Gasteiger partial charge in [0, 0.05) is 12.8 Å². The monoisotopic (exact) mass is 199 g/mol. The van der Waals surface area contributed by atoms with E-state index in [1.807, 2.05) is 0 Å². The first kappa shape index (κ1) is 13.6. The Balaban J connectivity index is 3.75. The van der Waals surface area contributed by atoms with Crippen LogP contribution >= 0.6 is 0 Å². The van der Waals surface area contributed by atoms with Crippen LogP contribution < -0.4 is 5.73 Å². The van der Waals surface area contributed by atoms with Crippen molar-refractivity contribution in [2.24, 2.45) is 17.1 Å². The van der Waals surface area contributed by atoms with Crippen molar-refractivity contribution in [3.8, 4) is 0 Å². The van der Waals surface area contributed by atoms with Crippen LogP contribution in [-0.2, 0) is 4.79 Å². The molecule has 0 radical (unpaired) electrons. The number of carbonyl (C=O) groups is 1. The standard InChI is InChI=1S/C12H25NO/c1-5-10(9-13)8-11(14)6-7-12(2,3)4/h10H,5-9,13H2,1-4H3. The van der Waals surface area contributed by atoms with Crippen LogP contribution in [0, 0.1) is 11.3 Å². The van der Waals surface area contributed by atoms with Crippen molar-refractivity contribution in [2.45, 2.75) is 53.4 Å². The number of hydrogen-bond acceptors (Lipinski definition) is 2. The normalized spacial score (nSPS) is 14.1. The summed E-state index contributed by atoms with van der Waals surface area (Å²) >= 11 is 0. The summed E-state index contributed by atoms with van der Waals surface area (Å²) in [4.78, 5) is 11.6. The van der Waals surface area contributed by atoms with Gasteiger partial charge in [-0.15, -0.1) is 0 Å². The number of hydrogen-bond donors (Lipinski definition) is 1. The van der Waals surface area contributed by atoms with Crippen LogP contribution in [0.2, 0.25) is 0 Å². The van der Waals surface area contributed by atoms with Crippen molar-refractivity contribution in [2.75, 3.05) is 6.54 Å². The summed E-state index contributed by atoms with van der Waals surface area (Å²) in [5.74, 6) is 0.764. The quantitative estimate of drug-likeness (QED) is 0.714. The molecule has 0 fully saturated rings. The maximum absolute atomic E-state index is 11.6. The van der Waals surface area contributed by atoms with Gasteiger partial charge in [-0.2, -0.15) is 0 Å². The molecule has 0 aromatic heterocycles. The molecule has 2 nitrogen and oxygen atoms in total. The van der Waals surface area contributed by atoms with Gasteiger partial charge in [0.1, 0.15) is 5.78 Å². The minimum Gasteiger partial charge on any atom is -0.330 e. The highest BCUT2D eigenvalue weighted by atomic mass is 16.1. The highest BCUT2D eigenvalue weighted by molar-refractivity contribution is 5.78. The molecule has 0 rings (SSSR count). The highest BCUT2D eigenvalue weighted by Gasteiger charge is 2.15. The first-order valence-corrected chi connectivity index (χ1v) is 5.60. The summed E-state index contributed by atoms with van der Waals surface area (Å²) in [5, 5.41) is 0. The number of Topliss-reactive ketones (excluding diaryl/α,β-unsaturated/α-hetero) is 1. The van der Waals surface area contributed by atoms with Crippen LogP contribution in [0.15, 0.2) is 0 Å². The Morgan fingerprint density at radius 3 is 2.29 bits per heavy atom. The Labute approximate surface area is 88.3 Å². The average Bonchev–Trinajstić information content (AvgIpc) is 2.09. The fraction of sp³-hybridized carbons (Fsp3) is 0.917. The maximum Gasteiger partial charge on any atom is 0.133 e. The molecule has 0 spiro atoms. The number of nitrogens with two attached hydrogens (primary N) is 1. The van der Waals surface area contributed by atoms with Crippen molar-refractivity contribution in [3.63, 3.8) is 0 Å². The van der Waals surface area contributed by atoms with Gasteiger partial charge < -0.3 is 5.73 Å². The van der Waals surface area contributed by atoms with Crippen molar-refractivity contribution in [1.82, 2.24) is 0 Å². The summed E-state index contributed by atoms with van der Waals surface area (Å²) in [7, 11) is 0. The van der Waals surface area contributed by atoms with E-state index in [9.17, 15) is 4.79 Å². The second kappa shape index (κ2) is 6.18. The zero-order chi connectivity index (χ0) is 11.2. The van der Waals surface area contributed by atoms with Gasteiger partial charge in [-0.25, -0.2) is 0 Å². The average molecular weight is 199 g/mol. The third-order valence-corrected chi connectivity index (χ3v) is 2.58. The number of ketones is 1. The van der Waals surface area contributed by atoms with E-state index in [1.165, 1.54) is 0 Å². The first-order valence-electron chi connectivity index (χ1n) is 5.60. The second-order valence-electron chi connectivity index (χ2n) is 5.31. The van der Waals surface area contributed by atoms with E-state index >= 15 is 0 Å². The van der Waals surface area contributed by atoms with E-state index in [0.717, 1.165) is 12.8 Å². The fourth-order valence-electron chi connectivity index (χ4n) is 1.33. The summed E-state index contributed by atoms with van der Waals surface area (Å²) in [6.07, 6.45) is 3.37. The molecule has 0 aliphatic heterocycles. The number of rotatable bonds is 6. The van der Waals surface area contributed by atoms with E-state index in [4.69, 9.17) is 5.73 Å². The SMILES string of the molecule is CCC(CN)CC(=O)CCC(C)(C)C. The van der Waals surface area contributed by atoms with Gasteiger partial charge >= 0.3 is 0 Å². The first-order chi connectivity index (χ1) is 6.39. The third-order valence-electron chi connectivity index (χ3n) is 2.58. The van der Waals surface area contributed by atoms with Crippen LogP contribution in [0.3, 0.4) is 0 Å². The summed E-state index contributed by atoms with van der Waals surface area (Å²) < 4.78 is 0. The minimum absolute atomic E-state index is 0.264. The predicted octanol–water partition coefficient (Wildman–Crippen LogP) is 2.76. The van der Waals surface area contributed by atoms with E-state index in [-0.39, 0.29) is 5.41 Å². The molecule has 0 amide bonds. The van der Waals surface area contributed by atoms with E-state index < -0.39 is 0 Å². The molecule has 2 N–H and O–H groups in total. The van der Waals surface area contributed by atoms with Crippen molar-refractivity contribution >= 4 is 5.78 Å². The molecule has 14 heavy (non-hydrogen) atoms. The Morgan fingerprint density at radius 2 is 1.93 bits per heavy atom. The van der Waals surface area contributed by atoms with Crippen LogP contribution in [0.1, 0.15) is 53.4 Å². The fourth-order valence-corrected chi connectivity index (χ4v) is 1.33. The smallest absolute Gasteiger partial charge is 0.133 e. The van der Waals surface area contributed by atoms with E-state index in [1.54, 1.807) is 0 Å². The largest absolute Gasteiger partial charge is 0.330 e. The maximum atomic E-state index is 11.6. The molecule has 0 aromatic carbocycles. The van der Waals surface area contributed by atoms with E-state index in [0.29, 0.717) is 31.1 Å². The molecule has 0 aliphatic carbocycles. The van der Waals surface area contributed by atoms with Crippen LogP contribution in [0.5, 0.6) is 0 Å². The lowest BCUT2D eigenvalue weighted by molar-refractivity contribution is -0.120. The highest BCUT2D eigenvalue weighted by Crippen LogP contribution is 2.21. The zero-order valence-corrected chi connectivity index (χ0v) is 10.1. The Bertz CT molecular complexity index is 166. The van der Waals surface area contributed by atoms with Gasteiger partial charge in [0.2, 0.25) is 0 Å². The van der Waals surface area contributed by atoms with Crippen LogP contribution in [-0.4, -0.2) is 12.3 Å². The molecule has 0 bridgehead atoms. The molecule has 0 heterocycles. The summed E-state index contributed by atoms with van der Waals surface area (Å²) in [6, 6.07) is 0. The Morgan fingerprint density at radius 1 is 1.36 bits per heavy atom. The summed E-state index contributed by atoms with van der Waals surface area (Å²) in [5.41, 5.74) is 5.83. The molecule has 0 aromatic rings. The predicted molar refractivity (Wildman–Crippen MR) is 61.1 cm³/mol. The lowest BCUT2D eigenvalue weighted by Crippen LogP contribution is -2.18. The van der Waals surface area contributed by atoms with Gasteiger partial charge in [-0.3, -0.25) is 4.79 Å². The molecule has 1 atom stereocenters. The van der Waals surface area contributed by atoms with Gasteiger partial charge in [-0.1, -0.05) is 34.1 Å². The van der Waals surface area contributed by atoms with Gasteiger partial charge in [-0.05, 0) is 24.3 Å². The van der Waals surface area contributed by atoms with Crippen LogP contribution in [0.4, 0.5) is 0 Å². The van der Waals surface area contributed by atoms with Gasteiger partial charge in [0.25, 0.3) is 0 Å². The number of carbonyl (C=O) groups excluding carboxylic acids is 1. The molecule has 0 saturated carbocycles. The lowest BCUT2D eigenvalue weighted by Gasteiger charge is -2.18. The van der Waals surface area contributed by atoms with Crippen molar-refractivity contribution < 1.29 is 4.79 Å². The van der Waals surface area contributed by atoms with Gasteiger partial charge in [0.15, 0.2) is 0 Å². The van der Waals surface area contributed by atoms with Crippen molar-refractivity contribution in [3.05, 3.63) is 0 Å². The van der Waals surface area contributed by atoms with Gasteiger partial charge in [0.05, 0.1) is 0 Å². The topological polar surface area (TPSA) is 43.1 Å². The molecular formula is C12H25NO. The summed E-state index contributed by atoms with van der Waals surface area (Å²) in [6.45, 7) is 9.23. The zero-order valence-electron chi connectivity index (χ0n) is 10.1. The molecule has 1 unspecified atom stereocenters. The van der Waals surface area contributed by atoms with Crippen molar-refractivity contribution in [1.29, 1.82) is 0 Å². The van der Waals surface area contributed by atoms with Crippen LogP contribution in [0.25, 0.3) is 0 Å². The molecular weight excluding hydrogens is 174 g/mol. The molecule has 84 valence electrons.